The summed E-state index contributed by atoms with van der Waals surface area (Å²) >= 11 is 0. The minimum Gasteiger partial charge on any atom is -0.317 e. The SMILES string of the molecule is Cc1c(CNCCCNCCCNCCCNCc2cccc(-c3ccccc3)c2C)cccc1-c1ccccc1. The van der Waals surface area contributed by atoms with Crippen LogP contribution >= 0.6 is 0 Å². The first kappa shape index (κ1) is 30.7. The van der Waals surface area contributed by atoms with Crippen LogP contribution in [0.2, 0.25) is 0 Å². The van der Waals surface area contributed by atoms with Crippen molar-refractivity contribution in [3.05, 3.63) is 119 Å². The molecule has 0 saturated heterocycles. The van der Waals surface area contributed by atoms with Crippen LogP contribution in [-0.2, 0) is 13.1 Å². The topological polar surface area (TPSA) is 48.1 Å². The Balaban J connectivity index is 0.978. The minimum atomic E-state index is 0.922. The molecule has 0 spiro atoms. The lowest BCUT2D eigenvalue weighted by molar-refractivity contribution is 0.551. The van der Waals surface area contributed by atoms with Crippen molar-refractivity contribution in [3.63, 3.8) is 0 Å². The summed E-state index contributed by atoms with van der Waals surface area (Å²) in [6.07, 6.45) is 3.45. The van der Waals surface area contributed by atoms with E-state index < -0.39 is 0 Å². The zero-order chi connectivity index (χ0) is 28.5. The summed E-state index contributed by atoms with van der Waals surface area (Å²) < 4.78 is 0. The molecule has 4 rings (SSSR count). The molecule has 216 valence electrons. The molecule has 4 heteroatoms. The molecule has 4 aromatic rings. The highest BCUT2D eigenvalue weighted by Gasteiger charge is 2.07. The Hall–Kier alpha value is -3.28. The van der Waals surface area contributed by atoms with Gasteiger partial charge in [-0.15, -0.1) is 0 Å². The predicted molar refractivity (Wildman–Crippen MR) is 176 cm³/mol. The molecule has 41 heavy (non-hydrogen) atoms. The Kier molecular flexibility index (Phi) is 13.1. The van der Waals surface area contributed by atoms with Gasteiger partial charge in [-0.1, -0.05) is 97.1 Å². The molecule has 4 aromatic carbocycles. The fourth-order valence-corrected chi connectivity index (χ4v) is 5.32. The zero-order valence-corrected chi connectivity index (χ0v) is 25.0. The summed E-state index contributed by atoms with van der Waals surface area (Å²) in [5, 5.41) is 14.4. The zero-order valence-electron chi connectivity index (χ0n) is 25.0. The maximum absolute atomic E-state index is 3.62. The van der Waals surface area contributed by atoms with Gasteiger partial charge in [0.25, 0.3) is 0 Å². The molecule has 0 aromatic heterocycles. The van der Waals surface area contributed by atoms with Gasteiger partial charge in [-0.25, -0.2) is 0 Å². The van der Waals surface area contributed by atoms with E-state index in [1.807, 2.05) is 0 Å². The number of rotatable bonds is 18. The molecule has 0 aliphatic heterocycles. The number of nitrogens with one attached hydrogen (secondary N) is 4. The van der Waals surface area contributed by atoms with Crippen LogP contribution in [0.4, 0.5) is 0 Å². The van der Waals surface area contributed by atoms with E-state index in [-0.39, 0.29) is 0 Å². The van der Waals surface area contributed by atoms with Crippen molar-refractivity contribution in [2.24, 2.45) is 0 Å². The molecular formula is C37H48N4. The molecule has 4 nitrogen and oxygen atoms in total. The molecule has 0 aliphatic rings. The molecule has 0 bridgehead atoms. The molecule has 0 amide bonds. The van der Waals surface area contributed by atoms with E-state index in [1.165, 1.54) is 44.5 Å². The van der Waals surface area contributed by atoms with Crippen molar-refractivity contribution in [2.75, 3.05) is 39.3 Å². The average molecular weight is 549 g/mol. The first-order chi connectivity index (χ1) is 20.2. The smallest absolute Gasteiger partial charge is 0.0208 e. The van der Waals surface area contributed by atoms with Crippen LogP contribution in [-0.4, -0.2) is 39.3 Å². The Morgan fingerprint density at radius 2 is 0.756 bits per heavy atom. The third-order valence-electron chi connectivity index (χ3n) is 7.81. The third-order valence-corrected chi connectivity index (χ3v) is 7.81. The standard InChI is InChI=1S/C37H48N4/c1-30-34(18-9-20-36(30)32-14-5-3-6-15-32)28-40-26-12-24-38-22-11-23-39-25-13-27-41-29-35-19-10-21-37(31(35)2)33-16-7-4-8-17-33/h3-10,14-21,38-41H,11-13,22-29H2,1-2H3. The van der Waals surface area contributed by atoms with Gasteiger partial charge in [0, 0.05) is 13.1 Å². The quantitative estimate of drug-likeness (QED) is 0.103. The number of benzene rings is 4. The molecule has 0 radical (unpaired) electrons. The molecule has 0 saturated carbocycles. The van der Waals surface area contributed by atoms with Gasteiger partial charge in [0.15, 0.2) is 0 Å². The van der Waals surface area contributed by atoms with Crippen LogP contribution in [0.15, 0.2) is 97.1 Å². The largest absolute Gasteiger partial charge is 0.317 e. The normalized spacial score (nSPS) is 11.2. The highest BCUT2D eigenvalue weighted by molar-refractivity contribution is 5.69. The van der Waals surface area contributed by atoms with Crippen molar-refractivity contribution in [2.45, 2.75) is 46.2 Å². The van der Waals surface area contributed by atoms with Crippen molar-refractivity contribution >= 4 is 0 Å². The van der Waals surface area contributed by atoms with Gasteiger partial charge in [-0.2, -0.15) is 0 Å². The van der Waals surface area contributed by atoms with Crippen molar-refractivity contribution in [1.29, 1.82) is 0 Å². The van der Waals surface area contributed by atoms with E-state index in [4.69, 9.17) is 0 Å². The van der Waals surface area contributed by atoms with E-state index >= 15 is 0 Å². The molecule has 4 N–H and O–H groups in total. The molecular weight excluding hydrogens is 500 g/mol. The summed E-state index contributed by atoms with van der Waals surface area (Å²) in [4.78, 5) is 0. The first-order valence-corrected chi connectivity index (χ1v) is 15.3. The number of hydrogen-bond acceptors (Lipinski definition) is 4. The van der Waals surface area contributed by atoms with Crippen LogP contribution in [0.5, 0.6) is 0 Å². The van der Waals surface area contributed by atoms with Gasteiger partial charge >= 0.3 is 0 Å². The van der Waals surface area contributed by atoms with Gasteiger partial charge in [-0.05, 0) is 117 Å². The van der Waals surface area contributed by atoms with E-state index in [1.54, 1.807) is 0 Å². The van der Waals surface area contributed by atoms with E-state index in [0.29, 0.717) is 0 Å². The molecule has 0 heterocycles. The number of hydrogen-bond donors (Lipinski definition) is 4. The minimum absolute atomic E-state index is 0.922. The lowest BCUT2D eigenvalue weighted by Gasteiger charge is -2.13. The Morgan fingerprint density at radius 3 is 1.15 bits per heavy atom. The molecule has 0 fully saturated rings. The maximum atomic E-state index is 3.62. The fourth-order valence-electron chi connectivity index (χ4n) is 5.32. The van der Waals surface area contributed by atoms with Crippen LogP contribution in [0.3, 0.4) is 0 Å². The second kappa shape index (κ2) is 17.5. The van der Waals surface area contributed by atoms with Crippen LogP contribution in [0.1, 0.15) is 41.5 Å². The van der Waals surface area contributed by atoms with Gasteiger partial charge in [0.1, 0.15) is 0 Å². The van der Waals surface area contributed by atoms with E-state index in [2.05, 4.69) is 132 Å². The lowest BCUT2D eigenvalue weighted by Crippen LogP contribution is -2.26. The van der Waals surface area contributed by atoms with Crippen LogP contribution in [0, 0.1) is 13.8 Å². The first-order valence-electron chi connectivity index (χ1n) is 15.3. The average Bonchev–Trinajstić information content (AvgIpc) is 3.01. The Bertz CT molecular complexity index is 1190. The van der Waals surface area contributed by atoms with Crippen molar-refractivity contribution in [1.82, 2.24) is 21.3 Å². The summed E-state index contributed by atoms with van der Waals surface area (Å²) in [6, 6.07) is 34.6. The van der Waals surface area contributed by atoms with Crippen LogP contribution in [0.25, 0.3) is 22.3 Å². The summed E-state index contributed by atoms with van der Waals surface area (Å²) in [6.45, 7) is 12.6. The summed E-state index contributed by atoms with van der Waals surface area (Å²) in [7, 11) is 0. The lowest BCUT2D eigenvalue weighted by atomic mass is 9.96. The summed E-state index contributed by atoms with van der Waals surface area (Å²) in [5.74, 6) is 0. The van der Waals surface area contributed by atoms with Gasteiger partial charge in [0.05, 0.1) is 0 Å². The second-order valence-corrected chi connectivity index (χ2v) is 10.8. The summed E-state index contributed by atoms with van der Waals surface area (Å²) in [5.41, 5.74) is 10.7. The fraction of sp³-hybridized carbons (Fsp3) is 0.351. The highest BCUT2D eigenvalue weighted by atomic mass is 14.9. The van der Waals surface area contributed by atoms with E-state index in [0.717, 1.165) is 71.6 Å². The van der Waals surface area contributed by atoms with Gasteiger partial charge in [-0.3, -0.25) is 0 Å². The molecule has 0 atom stereocenters. The van der Waals surface area contributed by atoms with Crippen molar-refractivity contribution in [3.8, 4) is 22.3 Å². The Morgan fingerprint density at radius 1 is 0.390 bits per heavy atom. The maximum Gasteiger partial charge on any atom is 0.0208 e. The highest BCUT2D eigenvalue weighted by Crippen LogP contribution is 2.26. The van der Waals surface area contributed by atoms with Gasteiger partial charge in [0.2, 0.25) is 0 Å². The predicted octanol–water partition coefficient (Wildman–Crippen LogP) is 6.87. The Labute approximate surface area is 248 Å². The van der Waals surface area contributed by atoms with Crippen molar-refractivity contribution < 1.29 is 0 Å². The molecule has 0 unspecified atom stereocenters. The molecule has 0 aliphatic carbocycles. The van der Waals surface area contributed by atoms with E-state index in [9.17, 15) is 0 Å². The second-order valence-electron chi connectivity index (χ2n) is 10.8. The van der Waals surface area contributed by atoms with Crippen LogP contribution < -0.4 is 21.3 Å². The van der Waals surface area contributed by atoms with Gasteiger partial charge < -0.3 is 21.3 Å². The third kappa shape index (κ3) is 9.94. The monoisotopic (exact) mass is 548 g/mol.